The molecule has 118 valence electrons. The molecule has 6 nitrogen and oxygen atoms in total. The highest BCUT2D eigenvalue weighted by Crippen LogP contribution is 2.14. The van der Waals surface area contributed by atoms with Gasteiger partial charge in [-0.1, -0.05) is 6.07 Å². The first-order valence-electron chi connectivity index (χ1n) is 7.49. The van der Waals surface area contributed by atoms with Gasteiger partial charge in [-0.15, -0.1) is 0 Å². The van der Waals surface area contributed by atoms with Crippen LogP contribution in [0.3, 0.4) is 0 Å². The van der Waals surface area contributed by atoms with Crippen molar-refractivity contribution in [2.24, 2.45) is 0 Å². The summed E-state index contributed by atoms with van der Waals surface area (Å²) in [5.74, 6) is 0.227. The normalized spacial score (nSPS) is 10.0. The number of hydrogen-bond donors (Lipinski definition) is 1. The van der Waals surface area contributed by atoms with E-state index in [9.17, 15) is 4.79 Å². The van der Waals surface area contributed by atoms with Gasteiger partial charge in [0.05, 0.1) is 11.6 Å². The van der Waals surface area contributed by atoms with Gasteiger partial charge >= 0.3 is 0 Å². The Bertz CT molecular complexity index is 747. The molecule has 0 aliphatic rings. The molecular weight excluding hydrogens is 290 g/mol. The predicted molar refractivity (Wildman–Crippen MR) is 89.4 cm³/mol. The van der Waals surface area contributed by atoms with Gasteiger partial charge in [0.2, 0.25) is 5.95 Å². The van der Waals surface area contributed by atoms with Crippen LogP contribution in [-0.4, -0.2) is 29.0 Å². The number of nitrogens with one attached hydrogen (secondary N) is 1. The number of nitrogens with zero attached hydrogens (tertiary/aromatic N) is 4. The molecule has 1 aromatic heterocycles. The smallest absolute Gasteiger partial charge is 0.274 e. The average molecular weight is 309 g/mol. The fourth-order valence-corrected chi connectivity index (χ4v) is 2.18. The fourth-order valence-electron chi connectivity index (χ4n) is 2.18. The quantitative estimate of drug-likeness (QED) is 0.918. The Kier molecular flexibility index (Phi) is 5.26. The maximum atomic E-state index is 12.4. The van der Waals surface area contributed by atoms with Crippen molar-refractivity contribution in [2.45, 2.75) is 20.8 Å². The van der Waals surface area contributed by atoms with Crippen molar-refractivity contribution in [3.63, 3.8) is 0 Å². The second-order valence-electron chi connectivity index (χ2n) is 5.01. The average Bonchev–Trinajstić information content (AvgIpc) is 2.55. The van der Waals surface area contributed by atoms with Crippen molar-refractivity contribution < 1.29 is 4.79 Å². The Morgan fingerprint density at radius 3 is 2.65 bits per heavy atom. The van der Waals surface area contributed by atoms with Crippen LogP contribution in [0.5, 0.6) is 0 Å². The van der Waals surface area contributed by atoms with Crippen LogP contribution in [0.25, 0.3) is 0 Å². The largest absolute Gasteiger partial charge is 0.341 e. The number of hydrogen-bond acceptors (Lipinski definition) is 5. The topological polar surface area (TPSA) is 81.9 Å². The molecule has 23 heavy (non-hydrogen) atoms. The minimum Gasteiger partial charge on any atom is -0.341 e. The van der Waals surface area contributed by atoms with E-state index >= 15 is 0 Å². The van der Waals surface area contributed by atoms with E-state index in [2.05, 4.69) is 15.3 Å². The number of amides is 1. The molecule has 1 amide bonds. The van der Waals surface area contributed by atoms with Crippen LogP contribution in [-0.2, 0) is 0 Å². The SMILES string of the molecule is CCN(CC)c1nc(C)cc(C(=O)Nc2cccc(C#N)c2)n1. The molecule has 0 aliphatic heterocycles. The second-order valence-corrected chi connectivity index (χ2v) is 5.01. The predicted octanol–water partition coefficient (Wildman–Crippen LogP) is 2.76. The van der Waals surface area contributed by atoms with Crippen LogP contribution in [0.4, 0.5) is 11.6 Å². The molecule has 0 aliphatic carbocycles. The Balaban J connectivity index is 2.27. The number of carbonyl (C=O) groups is 1. The standard InChI is InChI=1S/C17H19N5O/c1-4-22(5-2)17-19-12(3)9-15(21-17)16(23)20-14-8-6-7-13(10-14)11-18/h6-10H,4-5H2,1-3H3,(H,20,23). The zero-order valence-corrected chi connectivity index (χ0v) is 13.5. The molecule has 0 unspecified atom stereocenters. The Morgan fingerprint density at radius 2 is 2.00 bits per heavy atom. The number of nitriles is 1. The summed E-state index contributed by atoms with van der Waals surface area (Å²) in [6.45, 7) is 7.41. The summed E-state index contributed by atoms with van der Waals surface area (Å²) < 4.78 is 0. The van der Waals surface area contributed by atoms with Crippen molar-refractivity contribution in [3.8, 4) is 6.07 Å². The van der Waals surface area contributed by atoms with Gasteiger partial charge in [0.25, 0.3) is 5.91 Å². The van der Waals surface area contributed by atoms with Crippen molar-refractivity contribution >= 4 is 17.5 Å². The number of aryl methyl sites for hydroxylation is 1. The van der Waals surface area contributed by atoms with Crippen LogP contribution in [0.2, 0.25) is 0 Å². The summed E-state index contributed by atoms with van der Waals surface area (Å²) in [6, 6.07) is 10.5. The lowest BCUT2D eigenvalue weighted by Gasteiger charge is -2.19. The third-order valence-corrected chi connectivity index (χ3v) is 3.37. The molecule has 6 heteroatoms. The van der Waals surface area contributed by atoms with Crippen LogP contribution in [0.1, 0.15) is 35.6 Å². The first-order valence-corrected chi connectivity index (χ1v) is 7.49. The molecule has 1 N–H and O–H groups in total. The van der Waals surface area contributed by atoms with E-state index < -0.39 is 0 Å². The molecular formula is C17H19N5O. The molecule has 2 aromatic rings. The van der Waals surface area contributed by atoms with E-state index in [1.807, 2.05) is 31.7 Å². The zero-order valence-electron chi connectivity index (χ0n) is 13.5. The summed E-state index contributed by atoms with van der Waals surface area (Å²) in [5.41, 5.74) is 2.10. The molecule has 1 heterocycles. The lowest BCUT2D eigenvalue weighted by molar-refractivity contribution is 0.102. The number of anilines is 2. The Labute approximate surface area is 135 Å². The highest BCUT2D eigenvalue weighted by atomic mass is 16.1. The van der Waals surface area contributed by atoms with Crippen molar-refractivity contribution in [2.75, 3.05) is 23.3 Å². The summed E-state index contributed by atoms with van der Waals surface area (Å²) in [6.07, 6.45) is 0. The minimum atomic E-state index is -0.320. The van der Waals surface area contributed by atoms with Gasteiger partial charge in [-0.25, -0.2) is 9.97 Å². The van der Waals surface area contributed by atoms with Gasteiger partial charge in [-0.2, -0.15) is 5.26 Å². The van der Waals surface area contributed by atoms with Crippen molar-refractivity contribution in [1.29, 1.82) is 5.26 Å². The van der Waals surface area contributed by atoms with Crippen molar-refractivity contribution in [1.82, 2.24) is 9.97 Å². The van der Waals surface area contributed by atoms with Crippen LogP contribution >= 0.6 is 0 Å². The molecule has 0 saturated heterocycles. The third kappa shape index (κ3) is 4.04. The van der Waals surface area contributed by atoms with Gasteiger partial charge < -0.3 is 10.2 Å². The monoisotopic (exact) mass is 309 g/mol. The Hall–Kier alpha value is -2.94. The lowest BCUT2D eigenvalue weighted by Crippen LogP contribution is -2.26. The van der Waals surface area contributed by atoms with Gasteiger partial charge in [-0.3, -0.25) is 4.79 Å². The Morgan fingerprint density at radius 1 is 1.26 bits per heavy atom. The number of aromatic nitrogens is 2. The molecule has 1 aromatic carbocycles. The van der Waals surface area contributed by atoms with E-state index in [-0.39, 0.29) is 5.91 Å². The summed E-state index contributed by atoms with van der Waals surface area (Å²) >= 11 is 0. The minimum absolute atomic E-state index is 0.307. The molecule has 0 spiro atoms. The van der Waals surface area contributed by atoms with Gasteiger partial charge in [0.1, 0.15) is 5.69 Å². The molecule has 0 radical (unpaired) electrons. The zero-order chi connectivity index (χ0) is 16.8. The van der Waals surface area contributed by atoms with Gasteiger partial charge in [0.15, 0.2) is 0 Å². The van der Waals surface area contributed by atoms with E-state index in [0.29, 0.717) is 22.9 Å². The maximum absolute atomic E-state index is 12.4. The molecule has 0 atom stereocenters. The molecule has 2 rings (SSSR count). The fraction of sp³-hybridized carbons (Fsp3) is 0.294. The highest BCUT2D eigenvalue weighted by molar-refractivity contribution is 6.03. The van der Waals surface area contributed by atoms with E-state index in [0.717, 1.165) is 18.8 Å². The second kappa shape index (κ2) is 7.36. The number of rotatable bonds is 5. The first-order chi connectivity index (χ1) is 11.1. The summed E-state index contributed by atoms with van der Waals surface area (Å²) in [7, 11) is 0. The highest BCUT2D eigenvalue weighted by Gasteiger charge is 2.13. The maximum Gasteiger partial charge on any atom is 0.274 e. The van der Waals surface area contributed by atoms with E-state index in [1.54, 1.807) is 30.3 Å². The third-order valence-electron chi connectivity index (χ3n) is 3.37. The van der Waals surface area contributed by atoms with Crippen LogP contribution in [0, 0.1) is 18.3 Å². The number of benzene rings is 1. The van der Waals surface area contributed by atoms with E-state index in [4.69, 9.17) is 5.26 Å². The summed E-state index contributed by atoms with van der Waals surface area (Å²) in [5, 5.41) is 11.7. The van der Waals surface area contributed by atoms with Crippen molar-refractivity contribution in [3.05, 3.63) is 47.3 Å². The molecule has 0 saturated carbocycles. The van der Waals surface area contributed by atoms with Crippen LogP contribution in [0.15, 0.2) is 30.3 Å². The lowest BCUT2D eigenvalue weighted by atomic mass is 10.2. The van der Waals surface area contributed by atoms with E-state index in [1.165, 1.54) is 0 Å². The number of carbonyl (C=O) groups excluding carboxylic acids is 1. The molecule has 0 bridgehead atoms. The van der Waals surface area contributed by atoms with Gasteiger partial charge in [0, 0.05) is 24.5 Å². The first kappa shape index (κ1) is 16.4. The van der Waals surface area contributed by atoms with Gasteiger partial charge in [-0.05, 0) is 45.0 Å². The summed E-state index contributed by atoms with van der Waals surface area (Å²) in [4.78, 5) is 23.1. The molecule has 0 fully saturated rings. The van der Waals surface area contributed by atoms with Crippen LogP contribution < -0.4 is 10.2 Å².